The molecule has 6 rings (SSSR count). The van der Waals surface area contributed by atoms with E-state index < -0.39 is 0 Å². The Hall–Kier alpha value is -2.37. The molecule has 0 atom stereocenters. The third-order valence-electron chi connectivity index (χ3n) is 6.86. The van der Waals surface area contributed by atoms with Gasteiger partial charge in [-0.3, -0.25) is 19.8 Å². The summed E-state index contributed by atoms with van der Waals surface area (Å²) in [5.41, 5.74) is 3.75. The molecule has 27 heavy (non-hydrogen) atoms. The summed E-state index contributed by atoms with van der Waals surface area (Å²) in [4.78, 5) is 36.4. The standard InChI is InChI=1S/C21H25N3O3/c25-18-5-6-19(26)24(23-18)17-3-1-16(2-4-17)20(27)22-21-10-13-7-14(11-21)9-15(8-13)12-21/h1-4,13-15H,5-12H2,(H,22,27)(H,23,25). The molecule has 4 aliphatic carbocycles. The Morgan fingerprint density at radius 3 is 2.15 bits per heavy atom. The Bertz CT molecular complexity index is 766. The number of carbonyl (C=O) groups excluding carboxylic acids is 3. The molecule has 1 saturated heterocycles. The first kappa shape index (κ1) is 16.8. The molecule has 1 heterocycles. The Balaban J connectivity index is 1.30. The van der Waals surface area contributed by atoms with Gasteiger partial charge in [-0.25, -0.2) is 5.01 Å². The van der Waals surface area contributed by atoms with Gasteiger partial charge in [-0.15, -0.1) is 0 Å². The summed E-state index contributed by atoms with van der Waals surface area (Å²) < 4.78 is 0. The molecule has 5 aliphatic rings. The maximum absolute atomic E-state index is 12.9. The van der Waals surface area contributed by atoms with E-state index >= 15 is 0 Å². The van der Waals surface area contributed by atoms with E-state index in [2.05, 4.69) is 10.7 Å². The van der Waals surface area contributed by atoms with Crippen LogP contribution in [0.25, 0.3) is 0 Å². The maximum atomic E-state index is 12.9. The van der Waals surface area contributed by atoms with Crippen molar-refractivity contribution in [2.45, 2.75) is 56.9 Å². The number of amides is 3. The van der Waals surface area contributed by atoms with Gasteiger partial charge in [0.15, 0.2) is 0 Å². The van der Waals surface area contributed by atoms with Gasteiger partial charge in [0, 0.05) is 23.9 Å². The lowest BCUT2D eigenvalue weighted by molar-refractivity contribution is -0.130. The van der Waals surface area contributed by atoms with Crippen molar-refractivity contribution in [1.29, 1.82) is 0 Å². The highest BCUT2D eigenvalue weighted by atomic mass is 16.2. The largest absolute Gasteiger partial charge is 0.347 e. The van der Waals surface area contributed by atoms with Gasteiger partial charge in [0.05, 0.1) is 5.69 Å². The molecule has 0 spiro atoms. The van der Waals surface area contributed by atoms with Crippen LogP contribution in [0.5, 0.6) is 0 Å². The monoisotopic (exact) mass is 367 g/mol. The second kappa shape index (κ2) is 6.08. The topological polar surface area (TPSA) is 78.5 Å². The highest BCUT2D eigenvalue weighted by molar-refractivity contribution is 6.01. The van der Waals surface area contributed by atoms with E-state index in [9.17, 15) is 14.4 Å². The van der Waals surface area contributed by atoms with Crippen LogP contribution >= 0.6 is 0 Å². The van der Waals surface area contributed by atoms with Crippen LogP contribution in [0.3, 0.4) is 0 Å². The maximum Gasteiger partial charge on any atom is 0.251 e. The van der Waals surface area contributed by atoms with E-state index in [0.29, 0.717) is 11.3 Å². The van der Waals surface area contributed by atoms with Gasteiger partial charge in [-0.1, -0.05) is 0 Å². The third-order valence-corrected chi connectivity index (χ3v) is 6.86. The van der Waals surface area contributed by atoms with Crippen LogP contribution < -0.4 is 15.8 Å². The van der Waals surface area contributed by atoms with Crippen LogP contribution in [0.1, 0.15) is 61.7 Å². The van der Waals surface area contributed by atoms with Crippen LogP contribution in [0, 0.1) is 17.8 Å². The summed E-state index contributed by atoms with van der Waals surface area (Å²) in [6, 6.07) is 6.91. The Labute approximate surface area is 158 Å². The lowest BCUT2D eigenvalue weighted by Gasteiger charge is -2.56. The van der Waals surface area contributed by atoms with Gasteiger partial charge in [0.25, 0.3) is 5.91 Å². The second-order valence-electron chi connectivity index (χ2n) is 8.96. The van der Waals surface area contributed by atoms with Crippen molar-refractivity contribution >= 4 is 23.4 Å². The number of hydrazine groups is 1. The molecule has 3 amide bonds. The van der Waals surface area contributed by atoms with E-state index in [0.717, 1.165) is 37.0 Å². The predicted octanol–water partition coefficient (Wildman–Crippen LogP) is 2.54. The molecule has 5 fully saturated rings. The molecule has 142 valence electrons. The van der Waals surface area contributed by atoms with Crippen molar-refractivity contribution in [3.05, 3.63) is 29.8 Å². The number of nitrogens with zero attached hydrogens (tertiary/aromatic N) is 1. The fourth-order valence-electron chi connectivity index (χ4n) is 6.12. The molecule has 1 aliphatic heterocycles. The van der Waals surface area contributed by atoms with Gasteiger partial charge < -0.3 is 5.32 Å². The fraction of sp³-hybridized carbons (Fsp3) is 0.571. The van der Waals surface area contributed by atoms with Crippen LogP contribution in [0.15, 0.2) is 24.3 Å². The van der Waals surface area contributed by atoms with E-state index in [4.69, 9.17) is 0 Å². The number of nitrogens with one attached hydrogen (secondary N) is 2. The lowest BCUT2D eigenvalue weighted by atomic mass is 9.53. The summed E-state index contributed by atoms with van der Waals surface area (Å²) in [5.74, 6) is 2.02. The van der Waals surface area contributed by atoms with E-state index in [1.807, 2.05) is 0 Å². The molecule has 4 bridgehead atoms. The second-order valence-corrected chi connectivity index (χ2v) is 8.96. The van der Waals surface area contributed by atoms with Crippen molar-refractivity contribution < 1.29 is 14.4 Å². The molecule has 6 nitrogen and oxygen atoms in total. The lowest BCUT2D eigenvalue weighted by Crippen LogP contribution is -2.59. The quantitative estimate of drug-likeness (QED) is 0.862. The van der Waals surface area contributed by atoms with Crippen molar-refractivity contribution in [3.63, 3.8) is 0 Å². The summed E-state index contributed by atoms with van der Waals surface area (Å²) in [7, 11) is 0. The van der Waals surface area contributed by atoms with Crippen LogP contribution in [-0.4, -0.2) is 23.3 Å². The molecule has 0 aromatic heterocycles. The minimum Gasteiger partial charge on any atom is -0.347 e. The average Bonchev–Trinajstić information content (AvgIpc) is 2.62. The first-order valence-corrected chi connectivity index (χ1v) is 10.0. The normalized spacial score (nSPS) is 34.5. The van der Waals surface area contributed by atoms with Gasteiger partial charge in [0.1, 0.15) is 0 Å². The Kier molecular flexibility index (Phi) is 3.78. The zero-order valence-electron chi connectivity index (χ0n) is 15.4. The first-order chi connectivity index (χ1) is 13.0. The number of anilines is 1. The zero-order valence-corrected chi connectivity index (χ0v) is 15.4. The molecule has 2 N–H and O–H groups in total. The van der Waals surface area contributed by atoms with Gasteiger partial charge in [-0.2, -0.15) is 0 Å². The minimum absolute atomic E-state index is 0.0126. The first-order valence-electron chi connectivity index (χ1n) is 10.0. The number of hydrogen-bond acceptors (Lipinski definition) is 3. The SMILES string of the molecule is O=C1CCC(=O)N(c2ccc(C(=O)NC34CC5CC(CC(C5)C3)C4)cc2)N1. The van der Waals surface area contributed by atoms with Crippen molar-refractivity contribution in [1.82, 2.24) is 10.7 Å². The number of benzene rings is 1. The minimum atomic E-state index is -0.168. The molecule has 6 heteroatoms. The fourth-order valence-corrected chi connectivity index (χ4v) is 6.12. The smallest absolute Gasteiger partial charge is 0.251 e. The van der Waals surface area contributed by atoms with Gasteiger partial charge in [0.2, 0.25) is 11.8 Å². The summed E-state index contributed by atoms with van der Waals surface area (Å²) in [6.07, 6.45) is 7.84. The van der Waals surface area contributed by atoms with E-state index in [-0.39, 0.29) is 36.1 Å². The number of carbonyl (C=O) groups is 3. The average molecular weight is 367 g/mol. The molecule has 0 unspecified atom stereocenters. The summed E-state index contributed by atoms with van der Waals surface area (Å²) in [5, 5.41) is 4.64. The highest BCUT2D eigenvalue weighted by Crippen LogP contribution is 2.55. The number of rotatable bonds is 3. The Morgan fingerprint density at radius 2 is 1.56 bits per heavy atom. The number of hydrogen-bond donors (Lipinski definition) is 2. The molecular formula is C21H25N3O3. The van der Waals surface area contributed by atoms with Crippen molar-refractivity contribution in [2.75, 3.05) is 5.01 Å². The molecule has 1 aromatic carbocycles. The van der Waals surface area contributed by atoms with Gasteiger partial charge in [-0.05, 0) is 80.5 Å². The van der Waals surface area contributed by atoms with Crippen LogP contribution in [0.2, 0.25) is 0 Å². The molecular weight excluding hydrogens is 342 g/mol. The Morgan fingerprint density at radius 1 is 0.963 bits per heavy atom. The van der Waals surface area contributed by atoms with Crippen molar-refractivity contribution in [2.24, 2.45) is 17.8 Å². The van der Waals surface area contributed by atoms with Crippen LogP contribution in [0.4, 0.5) is 5.69 Å². The van der Waals surface area contributed by atoms with Gasteiger partial charge >= 0.3 is 0 Å². The summed E-state index contributed by atoms with van der Waals surface area (Å²) in [6.45, 7) is 0. The summed E-state index contributed by atoms with van der Waals surface area (Å²) >= 11 is 0. The molecule has 4 saturated carbocycles. The van der Waals surface area contributed by atoms with E-state index in [1.54, 1.807) is 24.3 Å². The molecule has 1 aromatic rings. The predicted molar refractivity (Wildman–Crippen MR) is 99.7 cm³/mol. The molecule has 0 radical (unpaired) electrons. The highest BCUT2D eigenvalue weighted by Gasteiger charge is 2.51. The van der Waals surface area contributed by atoms with Crippen LogP contribution in [-0.2, 0) is 9.59 Å². The zero-order chi connectivity index (χ0) is 18.6. The van der Waals surface area contributed by atoms with E-state index in [1.165, 1.54) is 24.3 Å². The third kappa shape index (κ3) is 3.01. The van der Waals surface area contributed by atoms with Crippen molar-refractivity contribution in [3.8, 4) is 0 Å².